The average Bonchev–Trinajstić information content (AvgIpc) is 2.25. The summed E-state index contributed by atoms with van der Waals surface area (Å²) in [5, 5.41) is 0. The lowest BCUT2D eigenvalue weighted by atomic mass is 10.3. The molecule has 0 rings (SSSR count). The van der Waals surface area contributed by atoms with Crippen molar-refractivity contribution >= 4 is 14.8 Å². The minimum Gasteiger partial charge on any atom is -0.460 e. The van der Waals surface area contributed by atoms with E-state index in [9.17, 15) is 4.79 Å². The number of ether oxygens (including phenoxy) is 2. The molecule has 0 saturated carbocycles. The summed E-state index contributed by atoms with van der Waals surface area (Å²) in [4.78, 5) is 11.0. The monoisotopic (exact) mass is 256 g/mol. The Labute approximate surface area is 106 Å². The van der Waals surface area contributed by atoms with Crippen LogP contribution in [-0.2, 0) is 14.3 Å². The molecule has 0 fully saturated rings. The van der Waals surface area contributed by atoms with Crippen molar-refractivity contribution in [3.8, 4) is 0 Å². The van der Waals surface area contributed by atoms with Crippen molar-refractivity contribution in [2.75, 3.05) is 19.8 Å². The zero-order valence-electron chi connectivity index (χ0n) is 11.2. The molecule has 0 unspecified atom stereocenters. The topological polar surface area (TPSA) is 35.5 Å². The van der Waals surface area contributed by atoms with Crippen LogP contribution in [0.4, 0.5) is 0 Å². The lowest BCUT2D eigenvalue weighted by Crippen LogP contribution is -2.11. The molecule has 98 valence electrons. The van der Waals surface area contributed by atoms with Crippen LogP contribution in [-0.4, -0.2) is 34.6 Å². The van der Waals surface area contributed by atoms with Gasteiger partial charge in [-0.25, -0.2) is 4.79 Å². The molecule has 0 saturated heterocycles. The van der Waals surface area contributed by atoms with Gasteiger partial charge in [0.1, 0.15) is 6.61 Å². The van der Waals surface area contributed by atoms with Gasteiger partial charge in [-0.15, -0.1) is 5.70 Å². The highest BCUT2D eigenvalue weighted by atomic mass is 28.3. The lowest BCUT2D eigenvalue weighted by molar-refractivity contribution is -0.140. The molecule has 0 bridgehead atoms. The normalized spacial score (nSPS) is 11.1. The van der Waals surface area contributed by atoms with E-state index >= 15 is 0 Å². The molecule has 17 heavy (non-hydrogen) atoms. The summed E-state index contributed by atoms with van der Waals surface area (Å²) in [5.74, 6) is -0.349. The smallest absolute Gasteiger partial charge is 0.333 e. The molecule has 0 atom stereocenters. The molecule has 0 aliphatic rings. The van der Waals surface area contributed by atoms with Gasteiger partial charge in [-0.1, -0.05) is 25.7 Å². The van der Waals surface area contributed by atoms with Gasteiger partial charge in [0, 0.05) is 12.2 Å². The van der Waals surface area contributed by atoms with Gasteiger partial charge in [0.15, 0.2) is 0 Å². The Bertz CT molecular complexity index is 259. The maximum Gasteiger partial charge on any atom is 0.333 e. The van der Waals surface area contributed by atoms with Crippen molar-refractivity contribution < 1.29 is 14.3 Å². The van der Waals surface area contributed by atoms with Crippen LogP contribution in [0, 0.1) is 0 Å². The van der Waals surface area contributed by atoms with Crippen LogP contribution >= 0.6 is 0 Å². The molecule has 0 aliphatic heterocycles. The van der Waals surface area contributed by atoms with E-state index in [0.717, 1.165) is 12.8 Å². The zero-order valence-corrected chi connectivity index (χ0v) is 12.4. The fourth-order valence-electron chi connectivity index (χ4n) is 1.09. The van der Waals surface area contributed by atoms with Gasteiger partial charge in [0.2, 0.25) is 0 Å². The predicted octanol–water partition coefficient (Wildman–Crippen LogP) is 2.48. The number of esters is 1. The third-order valence-corrected chi connectivity index (χ3v) is 3.03. The van der Waals surface area contributed by atoms with Crippen molar-refractivity contribution in [3.05, 3.63) is 23.9 Å². The summed E-state index contributed by atoms with van der Waals surface area (Å²) in [6, 6.07) is 0. The summed E-state index contributed by atoms with van der Waals surface area (Å²) in [6.45, 7) is 11.2. The van der Waals surface area contributed by atoms with Crippen LogP contribution in [0.1, 0.15) is 19.8 Å². The minimum atomic E-state index is -0.549. The second-order valence-corrected chi connectivity index (χ2v) is 7.22. The Balaban J connectivity index is 3.25. The standard InChI is InChI=1S/C13H24O3Si/c1-12(2)13(14)16-10-9-15-8-6-5-7-11-17(3)4/h7,11,17H,1,5-6,8-10H2,2-4H3. The number of hydrogen-bond acceptors (Lipinski definition) is 3. The van der Waals surface area contributed by atoms with E-state index in [-0.39, 0.29) is 5.97 Å². The average molecular weight is 256 g/mol. The first kappa shape index (κ1) is 16.1. The Kier molecular flexibility index (Phi) is 9.76. The number of carbonyl (C=O) groups excluding carboxylic acids is 1. The maximum absolute atomic E-state index is 11.0. The van der Waals surface area contributed by atoms with Gasteiger partial charge in [-0.2, -0.15) is 0 Å². The first-order chi connectivity index (χ1) is 8.04. The van der Waals surface area contributed by atoms with Gasteiger partial charge in [0.25, 0.3) is 0 Å². The zero-order chi connectivity index (χ0) is 13.1. The number of hydrogen-bond donors (Lipinski definition) is 0. The highest BCUT2D eigenvalue weighted by Crippen LogP contribution is 1.95. The van der Waals surface area contributed by atoms with E-state index in [1.165, 1.54) is 0 Å². The Hall–Kier alpha value is -0.873. The van der Waals surface area contributed by atoms with E-state index in [0.29, 0.717) is 25.4 Å². The molecule has 0 aromatic carbocycles. The van der Waals surface area contributed by atoms with E-state index in [1.54, 1.807) is 6.92 Å². The van der Waals surface area contributed by atoms with Crippen LogP contribution < -0.4 is 0 Å². The number of unbranched alkanes of at least 4 members (excludes halogenated alkanes) is 1. The summed E-state index contributed by atoms with van der Waals surface area (Å²) >= 11 is 0. The van der Waals surface area contributed by atoms with Crippen molar-refractivity contribution in [1.82, 2.24) is 0 Å². The molecule has 0 spiro atoms. The molecule has 0 N–H and O–H groups in total. The molecule has 0 aromatic rings. The summed E-state index contributed by atoms with van der Waals surface area (Å²) in [5.41, 5.74) is 2.75. The highest BCUT2D eigenvalue weighted by molar-refractivity contribution is 6.61. The fourth-order valence-corrected chi connectivity index (χ4v) is 1.83. The first-order valence-electron chi connectivity index (χ1n) is 6.11. The third-order valence-electron chi connectivity index (χ3n) is 1.99. The Morgan fingerprint density at radius 3 is 2.59 bits per heavy atom. The van der Waals surface area contributed by atoms with Crippen molar-refractivity contribution in [2.45, 2.75) is 32.9 Å². The molecular formula is C13H24O3Si. The van der Waals surface area contributed by atoms with Gasteiger partial charge < -0.3 is 9.47 Å². The van der Waals surface area contributed by atoms with Gasteiger partial charge in [-0.3, -0.25) is 0 Å². The molecule has 0 radical (unpaired) electrons. The van der Waals surface area contributed by atoms with Crippen molar-refractivity contribution in [3.63, 3.8) is 0 Å². The molecule has 0 aromatic heterocycles. The van der Waals surface area contributed by atoms with E-state index < -0.39 is 8.80 Å². The Morgan fingerprint density at radius 1 is 1.29 bits per heavy atom. The van der Waals surface area contributed by atoms with Crippen LogP contribution in [0.15, 0.2) is 23.9 Å². The molecule has 0 heterocycles. The van der Waals surface area contributed by atoms with Crippen molar-refractivity contribution in [2.24, 2.45) is 0 Å². The van der Waals surface area contributed by atoms with Crippen LogP contribution in [0.25, 0.3) is 0 Å². The minimum absolute atomic E-state index is 0.306. The third kappa shape index (κ3) is 11.4. The predicted molar refractivity (Wildman–Crippen MR) is 73.8 cm³/mol. The van der Waals surface area contributed by atoms with Crippen LogP contribution in [0.3, 0.4) is 0 Å². The fraction of sp³-hybridized carbons (Fsp3) is 0.615. The lowest BCUT2D eigenvalue weighted by Gasteiger charge is -2.05. The molecule has 0 amide bonds. The van der Waals surface area contributed by atoms with E-state index in [2.05, 4.69) is 31.4 Å². The number of allylic oxidation sites excluding steroid dienone is 1. The number of carbonyl (C=O) groups is 1. The summed E-state index contributed by atoms with van der Waals surface area (Å²) < 4.78 is 10.2. The summed E-state index contributed by atoms with van der Waals surface area (Å²) in [6.07, 6.45) is 4.32. The second kappa shape index (κ2) is 10.3. The highest BCUT2D eigenvalue weighted by Gasteiger charge is 2.01. The first-order valence-corrected chi connectivity index (χ1v) is 9.08. The maximum atomic E-state index is 11.0. The van der Waals surface area contributed by atoms with Gasteiger partial charge in [0.05, 0.1) is 15.4 Å². The van der Waals surface area contributed by atoms with Gasteiger partial charge in [-0.05, 0) is 19.8 Å². The molecule has 3 nitrogen and oxygen atoms in total. The van der Waals surface area contributed by atoms with Crippen LogP contribution in [0.5, 0.6) is 0 Å². The molecular weight excluding hydrogens is 232 g/mol. The number of rotatable bonds is 9. The summed E-state index contributed by atoms with van der Waals surface area (Å²) in [7, 11) is -0.549. The van der Waals surface area contributed by atoms with E-state index in [1.807, 2.05) is 0 Å². The van der Waals surface area contributed by atoms with Crippen molar-refractivity contribution in [1.29, 1.82) is 0 Å². The molecule has 0 aliphatic carbocycles. The van der Waals surface area contributed by atoms with Gasteiger partial charge >= 0.3 is 5.97 Å². The SMILES string of the molecule is C=C(C)C(=O)OCCOCCCC=C[SiH](C)C. The quantitative estimate of drug-likeness (QED) is 0.275. The Morgan fingerprint density at radius 2 is 2.00 bits per heavy atom. The van der Waals surface area contributed by atoms with E-state index in [4.69, 9.17) is 9.47 Å². The largest absolute Gasteiger partial charge is 0.460 e. The van der Waals surface area contributed by atoms with Crippen LogP contribution in [0.2, 0.25) is 13.1 Å². The second-order valence-electron chi connectivity index (χ2n) is 4.34. The molecule has 4 heteroatoms.